The lowest BCUT2D eigenvalue weighted by Crippen LogP contribution is -2.35. The Balaban J connectivity index is 1.82. The molecule has 1 heterocycles. The molecule has 1 aliphatic heterocycles. The molecule has 0 saturated carbocycles. The van der Waals surface area contributed by atoms with E-state index >= 15 is 0 Å². The summed E-state index contributed by atoms with van der Waals surface area (Å²) < 4.78 is 16.3. The van der Waals surface area contributed by atoms with Crippen molar-refractivity contribution in [2.45, 2.75) is 83.0 Å². The Hall–Kier alpha value is -1.87. The maximum Gasteiger partial charge on any atom is 0.229 e. The molecule has 170 valence electrons. The van der Waals surface area contributed by atoms with Crippen molar-refractivity contribution in [3.8, 4) is 11.5 Å². The Labute approximate surface area is 178 Å². The summed E-state index contributed by atoms with van der Waals surface area (Å²) in [6, 6.07) is 5.18. The van der Waals surface area contributed by atoms with E-state index in [0.29, 0.717) is 24.5 Å². The number of unbranched alkanes of at least 4 members (excludes halogenated alkanes) is 5. The van der Waals surface area contributed by atoms with Crippen LogP contribution < -0.4 is 14.8 Å². The molecule has 1 saturated heterocycles. The van der Waals surface area contributed by atoms with Gasteiger partial charge in [0.25, 0.3) is 0 Å². The molecule has 1 amide bonds. The number of amides is 1. The molecule has 0 radical (unpaired) electrons. The van der Waals surface area contributed by atoms with E-state index in [1.54, 1.807) is 18.2 Å². The van der Waals surface area contributed by atoms with Gasteiger partial charge in [-0.3, -0.25) is 4.79 Å². The number of benzene rings is 1. The lowest BCUT2D eigenvalue weighted by molar-refractivity contribution is -0.121. The fraction of sp³-hybridized carbons (Fsp3) is 0.682. The number of nitrogens with one attached hydrogen (secondary N) is 1. The van der Waals surface area contributed by atoms with E-state index in [4.69, 9.17) is 14.2 Å². The van der Waals surface area contributed by atoms with E-state index in [2.05, 4.69) is 12.2 Å². The highest BCUT2D eigenvalue weighted by atomic mass is 16.7. The average Bonchev–Trinajstić information content (AvgIpc) is 3.03. The summed E-state index contributed by atoms with van der Waals surface area (Å²) in [6.45, 7) is 2.13. The Morgan fingerprint density at radius 2 is 1.83 bits per heavy atom. The molecule has 1 unspecified atom stereocenters. The van der Waals surface area contributed by atoms with E-state index < -0.39 is 31.2 Å². The van der Waals surface area contributed by atoms with Crippen LogP contribution in [0.3, 0.4) is 0 Å². The minimum atomic E-state index is -1.28. The zero-order valence-electron chi connectivity index (χ0n) is 17.9. The quantitative estimate of drug-likeness (QED) is 0.357. The second kappa shape index (κ2) is 12.7. The van der Waals surface area contributed by atoms with Crippen LogP contribution in [0.2, 0.25) is 0 Å². The van der Waals surface area contributed by atoms with Gasteiger partial charge in [0.2, 0.25) is 12.2 Å². The molecule has 1 fully saturated rings. The standard InChI is InChI=1S/C22H35NO7/c1-3-4-5-6-7-8-9-19(25)23-13-15-10-11-16(17(12-15)28-2)29-22-21(27)20(26)18(14-24)30-22/h10-12,18,20-22,24,26-27H,3-9,13-14H2,1-2H3,(H,23,25)/t18-,20-,21-,22?/m1/s1. The first kappa shape index (κ1) is 24.4. The van der Waals surface area contributed by atoms with Gasteiger partial charge in [-0.15, -0.1) is 0 Å². The molecule has 8 nitrogen and oxygen atoms in total. The molecule has 1 aliphatic rings. The third-order valence-electron chi connectivity index (χ3n) is 5.22. The molecular formula is C22H35NO7. The average molecular weight is 426 g/mol. The highest BCUT2D eigenvalue weighted by molar-refractivity contribution is 5.75. The number of rotatable bonds is 13. The number of carbonyl (C=O) groups is 1. The summed E-state index contributed by atoms with van der Waals surface area (Å²) in [5.41, 5.74) is 0.844. The topological polar surface area (TPSA) is 117 Å². The smallest absolute Gasteiger partial charge is 0.229 e. The van der Waals surface area contributed by atoms with Gasteiger partial charge < -0.3 is 34.8 Å². The molecule has 4 atom stereocenters. The van der Waals surface area contributed by atoms with E-state index in [1.165, 1.54) is 32.8 Å². The van der Waals surface area contributed by atoms with Crippen molar-refractivity contribution in [1.82, 2.24) is 5.32 Å². The number of aliphatic hydroxyl groups excluding tert-OH is 3. The Morgan fingerprint density at radius 1 is 1.10 bits per heavy atom. The number of hydrogen-bond acceptors (Lipinski definition) is 7. The molecule has 30 heavy (non-hydrogen) atoms. The van der Waals surface area contributed by atoms with Crippen LogP contribution >= 0.6 is 0 Å². The van der Waals surface area contributed by atoms with Crippen LogP contribution in [0, 0.1) is 0 Å². The van der Waals surface area contributed by atoms with Gasteiger partial charge in [-0.2, -0.15) is 0 Å². The van der Waals surface area contributed by atoms with Gasteiger partial charge >= 0.3 is 0 Å². The predicted molar refractivity (Wildman–Crippen MR) is 111 cm³/mol. The molecule has 8 heteroatoms. The molecule has 0 aliphatic carbocycles. The van der Waals surface area contributed by atoms with Gasteiger partial charge in [-0.1, -0.05) is 45.1 Å². The number of hydrogen-bond donors (Lipinski definition) is 4. The van der Waals surface area contributed by atoms with Crippen molar-refractivity contribution in [1.29, 1.82) is 0 Å². The van der Waals surface area contributed by atoms with Crippen molar-refractivity contribution >= 4 is 5.91 Å². The molecule has 4 N–H and O–H groups in total. The second-order valence-corrected chi connectivity index (χ2v) is 7.60. The first-order valence-electron chi connectivity index (χ1n) is 10.7. The van der Waals surface area contributed by atoms with Gasteiger partial charge in [0.05, 0.1) is 13.7 Å². The summed E-state index contributed by atoms with van der Waals surface area (Å²) in [4.78, 5) is 12.0. The maximum absolute atomic E-state index is 12.0. The van der Waals surface area contributed by atoms with Crippen LogP contribution in [0.5, 0.6) is 11.5 Å². The maximum atomic E-state index is 12.0. The molecule has 1 aromatic carbocycles. The molecule has 0 spiro atoms. The Bertz CT molecular complexity index is 654. The fourth-order valence-corrected chi connectivity index (χ4v) is 3.36. The minimum Gasteiger partial charge on any atom is -0.493 e. The van der Waals surface area contributed by atoms with Gasteiger partial charge in [0, 0.05) is 13.0 Å². The van der Waals surface area contributed by atoms with Crippen LogP contribution in [0.25, 0.3) is 0 Å². The number of carbonyl (C=O) groups excluding carboxylic acids is 1. The molecule has 2 rings (SSSR count). The molecular weight excluding hydrogens is 390 g/mol. The van der Waals surface area contributed by atoms with Crippen molar-refractivity contribution in [2.75, 3.05) is 13.7 Å². The minimum absolute atomic E-state index is 0.0243. The predicted octanol–water partition coefficient (Wildman–Crippen LogP) is 1.88. The largest absolute Gasteiger partial charge is 0.493 e. The van der Waals surface area contributed by atoms with Crippen LogP contribution in [0.4, 0.5) is 0 Å². The van der Waals surface area contributed by atoms with Crippen LogP contribution in [-0.4, -0.2) is 59.5 Å². The van der Waals surface area contributed by atoms with Crippen LogP contribution in [0.15, 0.2) is 18.2 Å². The Morgan fingerprint density at radius 3 is 2.50 bits per heavy atom. The lowest BCUT2D eigenvalue weighted by Gasteiger charge is -2.19. The molecule has 0 aromatic heterocycles. The normalized spacial score (nSPS) is 23.4. The second-order valence-electron chi connectivity index (χ2n) is 7.60. The zero-order valence-corrected chi connectivity index (χ0v) is 17.9. The number of ether oxygens (including phenoxy) is 3. The van der Waals surface area contributed by atoms with Gasteiger partial charge in [0.15, 0.2) is 11.5 Å². The summed E-state index contributed by atoms with van der Waals surface area (Å²) in [5, 5.41) is 31.9. The van der Waals surface area contributed by atoms with Crippen molar-refractivity contribution < 1.29 is 34.3 Å². The summed E-state index contributed by atoms with van der Waals surface area (Å²) in [6.07, 6.45) is 2.84. The van der Waals surface area contributed by atoms with E-state index in [0.717, 1.165) is 18.4 Å². The highest BCUT2D eigenvalue weighted by Gasteiger charge is 2.44. The monoisotopic (exact) mass is 425 g/mol. The van der Waals surface area contributed by atoms with E-state index in [9.17, 15) is 20.1 Å². The Kier molecular flexibility index (Phi) is 10.4. The zero-order chi connectivity index (χ0) is 21.9. The van der Waals surface area contributed by atoms with Crippen molar-refractivity contribution in [3.05, 3.63) is 23.8 Å². The molecule has 1 aromatic rings. The summed E-state index contributed by atoms with van der Waals surface area (Å²) in [5.74, 6) is 0.765. The lowest BCUT2D eigenvalue weighted by atomic mass is 10.1. The summed E-state index contributed by atoms with van der Waals surface area (Å²) >= 11 is 0. The third kappa shape index (κ3) is 7.12. The first-order valence-corrected chi connectivity index (χ1v) is 10.7. The summed E-state index contributed by atoms with van der Waals surface area (Å²) in [7, 11) is 1.49. The number of aliphatic hydroxyl groups is 3. The fourth-order valence-electron chi connectivity index (χ4n) is 3.36. The van der Waals surface area contributed by atoms with Gasteiger partial charge in [-0.25, -0.2) is 0 Å². The first-order chi connectivity index (χ1) is 14.5. The van der Waals surface area contributed by atoms with Crippen molar-refractivity contribution in [2.24, 2.45) is 0 Å². The van der Waals surface area contributed by atoms with Crippen LogP contribution in [-0.2, 0) is 16.1 Å². The SMILES string of the molecule is CCCCCCCCC(=O)NCc1ccc(OC2O[C@H](CO)[C@@H](O)[C@H]2O)c(OC)c1. The third-order valence-corrected chi connectivity index (χ3v) is 5.22. The molecule has 0 bridgehead atoms. The van der Waals surface area contributed by atoms with Crippen molar-refractivity contribution in [3.63, 3.8) is 0 Å². The van der Waals surface area contributed by atoms with Gasteiger partial charge in [-0.05, 0) is 24.1 Å². The highest BCUT2D eigenvalue weighted by Crippen LogP contribution is 2.32. The number of methoxy groups -OCH3 is 1. The van der Waals surface area contributed by atoms with E-state index in [1.807, 2.05) is 0 Å². The van der Waals surface area contributed by atoms with Crippen LogP contribution in [0.1, 0.15) is 57.4 Å². The van der Waals surface area contributed by atoms with Gasteiger partial charge in [0.1, 0.15) is 18.3 Å². The van der Waals surface area contributed by atoms with E-state index in [-0.39, 0.29) is 5.91 Å².